The van der Waals surface area contributed by atoms with E-state index in [0.29, 0.717) is 29.5 Å². The molecule has 1 aromatic rings. The standard InChI is InChI=1S/C15H22ClN3O2/c1-2-5-17-14-7-12(13(16)8-18-14)15(21)19-6-3-4-11(9-19)10-20/h7-8,11,20H,2-6,9-10H2,1H3,(H,17,18). The third kappa shape index (κ3) is 4.08. The van der Waals surface area contributed by atoms with Crippen LogP contribution in [0.3, 0.4) is 0 Å². The van der Waals surface area contributed by atoms with E-state index in [0.717, 1.165) is 25.8 Å². The molecule has 1 fully saturated rings. The van der Waals surface area contributed by atoms with Crippen molar-refractivity contribution in [1.29, 1.82) is 0 Å². The van der Waals surface area contributed by atoms with E-state index in [9.17, 15) is 9.90 Å². The first-order valence-electron chi connectivity index (χ1n) is 7.45. The van der Waals surface area contributed by atoms with E-state index >= 15 is 0 Å². The molecule has 116 valence electrons. The number of aliphatic hydroxyl groups is 1. The van der Waals surface area contributed by atoms with Crippen molar-refractivity contribution in [3.8, 4) is 0 Å². The van der Waals surface area contributed by atoms with E-state index in [2.05, 4.69) is 17.2 Å². The highest BCUT2D eigenvalue weighted by molar-refractivity contribution is 6.33. The second kappa shape index (κ2) is 7.61. The molecule has 1 saturated heterocycles. The van der Waals surface area contributed by atoms with Gasteiger partial charge in [-0.25, -0.2) is 4.98 Å². The van der Waals surface area contributed by atoms with E-state index in [1.165, 1.54) is 6.20 Å². The molecule has 2 heterocycles. The van der Waals surface area contributed by atoms with Crippen LogP contribution in [0.25, 0.3) is 0 Å². The molecule has 2 N–H and O–H groups in total. The molecule has 1 atom stereocenters. The predicted octanol–water partition coefficient (Wildman–Crippen LogP) is 2.40. The Kier molecular flexibility index (Phi) is 5.82. The van der Waals surface area contributed by atoms with E-state index in [-0.39, 0.29) is 18.4 Å². The number of amides is 1. The fourth-order valence-corrected chi connectivity index (χ4v) is 2.71. The Bertz CT molecular complexity index is 496. The molecule has 6 heteroatoms. The molecular formula is C15H22ClN3O2. The molecule has 5 nitrogen and oxygen atoms in total. The Morgan fingerprint density at radius 2 is 2.43 bits per heavy atom. The van der Waals surface area contributed by atoms with Crippen LogP contribution in [0.4, 0.5) is 5.82 Å². The van der Waals surface area contributed by atoms with Crippen molar-refractivity contribution >= 4 is 23.3 Å². The molecule has 21 heavy (non-hydrogen) atoms. The van der Waals surface area contributed by atoms with Gasteiger partial charge in [-0.2, -0.15) is 0 Å². The summed E-state index contributed by atoms with van der Waals surface area (Å²) in [6.45, 7) is 4.30. The lowest BCUT2D eigenvalue weighted by molar-refractivity contribution is 0.0621. The van der Waals surface area contributed by atoms with Crippen molar-refractivity contribution in [3.63, 3.8) is 0 Å². The van der Waals surface area contributed by atoms with Gasteiger partial charge in [-0.15, -0.1) is 0 Å². The van der Waals surface area contributed by atoms with Crippen LogP contribution in [-0.2, 0) is 0 Å². The van der Waals surface area contributed by atoms with Crippen LogP contribution in [0, 0.1) is 5.92 Å². The van der Waals surface area contributed by atoms with Gasteiger partial charge >= 0.3 is 0 Å². The molecule has 0 saturated carbocycles. The summed E-state index contributed by atoms with van der Waals surface area (Å²) in [4.78, 5) is 18.6. The van der Waals surface area contributed by atoms with Crippen LogP contribution in [-0.4, -0.2) is 47.1 Å². The minimum atomic E-state index is -0.0832. The number of rotatable bonds is 5. The van der Waals surface area contributed by atoms with Crippen LogP contribution < -0.4 is 5.32 Å². The number of anilines is 1. The maximum atomic E-state index is 12.6. The second-order valence-electron chi connectivity index (χ2n) is 5.42. The quantitative estimate of drug-likeness (QED) is 0.876. The zero-order chi connectivity index (χ0) is 15.2. The number of carbonyl (C=O) groups is 1. The highest BCUT2D eigenvalue weighted by atomic mass is 35.5. The minimum Gasteiger partial charge on any atom is -0.396 e. The zero-order valence-electron chi connectivity index (χ0n) is 12.3. The Hall–Kier alpha value is -1.33. The number of hydrogen-bond donors (Lipinski definition) is 2. The number of carbonyl (C=O) groups excluding carboxylic acids is 1. The zero-order valence-corrected chi connectivity index (χ0v) is 13.1. The van der Waals surface area contributed by atoms with Gasteiger partial charge in [-0.1, -0.05) is 18.5 Å². The second-order valence-corrected chi connectivity index (χ2v) is 5.83. The van der Waals surface area contributed by atoms with Gasteiger partial charge in [0.1, 0.15) is 5.82 Å². The first-order valence-corrected chi connectivity index (χ1v) is 7.83. The molecule has 0 spiro atoms. The van der Waals surface area contributed by atoms with Gasteiger partial charge in [0.15, 0.2) is 0 Å². The average molecular weight is 312 g/mol. The smallest absolute Gasteiger partial charge is 0.255 e. The van der Waals surface area contributed by atoms with Gasteiger partial charge in [-0.05, 0) is 31.2 Å². The van der Waals surface area contributed by atoms with Crippen molar-refractivity contribution in [2.45, 2.75) is 26.2 Å². The van der Waals surface area contributed by atoms with Gasteiger partial charge in [0.2, 0.25) is 0 Å². The number of likely N-dealkylation sites (tertiary alicyclic amines) is 1. The van der Waals surface area contributed by atoms with E-state index in [4.69, 9.17) is 11.6 Å². The van der Waals surface area contributed by atoms with Gasteiger partial charge < -0.3 is 15.3 Å². The lowest BCUT2D eigenvalue weighted by atomic mass is 9.98. The number of piperidine rings is 1. The first kappa shape index (κ1) is 16.0. The minimum absolute atomic E-state index is 0.0832. The lowest BCUT2D eigenvalue weighted by Gasteiger charge is -2.32. The van der Waals surface area contributed by atoms with Crippen LogP contribution >= 0.6 is 11.6 Å². The summed E-state index contributed by atoms with van der Waals surface area (Å²) in [5, 5.41) is 12.8. The molecule has 2 rings (SSSR count). The Morgan fingerprint density at radius 1 is 1.62 bits per heavy atom. The fraction of sp³-hybridized carbons (Fsp3) is 0.600. The third-order valence-electron chi connectivity index (χ3n) is 3.71. The average Bonchev–Trinajstić information content (AvgIpc) is 2.53. The van der Waals surface area contributed by atoms with Crippen LogP contribution in [0.1, 0.15) is 36.5 Å². The largest absolute Gasteiger partial charge is 0.396 e. The number of nitrogens with zero attached hydrogens (tertiary/aromatic N) is 2. The molecule has 0 aliphatic carbocycles. The van der Waals surface area contributed by atoms with Gasteiger partial charge in [0.05, 0.1) is 10.6 Å². The normalized spacial score (nSPS) is 18.6. The number of hydrogen-bond acceptors (Lipinski definition) is 4. The van der Waals surface area contributed by atoms with Crippen molar-refractivity contribution < 1.29 is 9.90 Å². The molecule has 1 aromatic heterocycles. The van der Waals surface area contributed by atoms with E-state index in [1.807, 2.05) is 0 Å². The van der Waals surface area contributed by atoms with Gasteiger partial charge in [-0.3, -0.25) is 4.79 Å². The molecule has 0 bridgehead atoms. The Morgan fingerprint density at radius 3 is 3.14 bits per heavy atom. The molecule has 1 amide bonds. The maximum absolute atomic E-state index is 12.6. The first-order chi connectivity index (χ1) is 10.2. The van der Waals surface area contributed by atoms with E-state index in [1.54, 1.807) is 11.0 Å². The third-order valence-corrected chi connectivity index (χ3v) is 4.01. The summed E-state index contributed by atoms with van der Waals surface area (Å²) >= 11 is 6.13. The summed E-state index contributed by atoms with van der Waals surface area (Å²) < 4.78 is 0. The van der Waals surface area contributed by atoms with E-state index < -0.39 is 0 Å². The summed E-state index contributed by atoms with van der Waals surface area (Å²) in [7, 11) is 0. The van der Waals surface area contributed by atoms with Crippen LogP contribution in [0.15, 0.2) is 12.3 Å². The molecule has 0 aromatic carbocycles. The molecule has 0 radical (unpaired) electrons. The van der Waals surface area contributed by atoms with Crippen LogP contribution in [0.5, 0.6) is 0 Å². The summed E-state index contributed by atoms with van der Waals surface area (Å²) in [5.74, 6) is 0.751. The highest BCUT2D eigenvalue weighted by Crippen LogP contribution is 2.23. The lowest BCUT2D eigenvalue weighted by Crippen LogP contribution is -2.41. The predicted molar refractivity (Wildman–Crippen MR) is 83.7 cm³/mol. The van der Waals surface area contributed by atoms with Crippen molar-refractivity contribution in [2.24, 2.45) is 5.92 Å². The topological polar surface area (TPSA) is 65.5 Å². The number of aliphatic hydroxyl groups excluding tert-OH is 1. The summed E-state index contributed by atoms with van der Waals surface area (Å²) in [6.07, 6.45) is 4.38. The maximum Gasteiger partial charge on any atom is 0.255 e. The number of pyridine rings is 1. The summed E-state index contributed by atoms with van der Waals surface area (Å²) in [5.41, 5.74) is 0.476. The van der Waals surface area contributed by atoms with Crippen molar-refractivity contribution in [3.05, 3.63) is 22.8 Å². The fourth-order valence-electron chi connectivity index (χ4n) is 2.52. The van der Waals surface area contributed by atoms with Crippen LogP contribution in [0.2, 0.25) is 5.02 Å². The van der Waals surface area contributed by atoms with Gasteiger partial charge in [0, 0.05) is 32.4 Å². The highest BCUT2D eigenvalue weighted by Gasteiger charge is 2.25. The SMILES string of the molecule is CCCNc1cc(C(=O)N2CCCC(CO)C2)c(Cl)cn1. The molecule has 1 unspecified atom stereocenters. The summed E-state index contributed by atoms with van der Waals surface area (Å²) in [6, 6.07) is 1.71. The molecule has 1 aliphatic heterocycles. The number of nitrogens with one attached hydrogen (secondary N) is 1. The monoisotopic (exact) mass is 311 g/mol. The number of aromatic nitrogens is 1. The van der Waals surface area contributed by atoms with Crippen molar-refractivity contribution in [2.75, 3.05) is 31.6 Å². The molecule has 1 aliphatic rings. The van der Waals surface area contributed by atoms with Crippen molar-refractivity contribution in [1.82, 2.24) is 9.88 Å². The molecular weight excluding hydrogens is 290 g/mol. The number of halogens is 1. The Balaban J connectivity index is 2.13. The Labute approximate surface area is 130 Å². The van der Waals surface area contributed by atoms with Gasteiger partial charge in [0.25, 0.3) is 5.91 Å².